The van der Waals surface area contributed by atoms with Gasteiger partial charge in [-0.05, 0) is 62.9 Å². The lowest BCUT2D eigenvalue weighted by Crippen LogP contribution is -2.47. The van der Waals surface area contributed by atoms with Gasteiger partial charge in [0.15, 0.2) is 5.11 Å². The lowest BCUT2D eigenvalue weighted by Gasteiger charge is -2.38. The van der Waals surface area contributed by atoms with Crippen LogP contribution in [-0.4, -0.2) is 65.6 Å². The van der Waals surface area contributed by atoms with E-state index in [1.165, 1.54) is 0 Å². The Hall–Kier alpha value is -2.59. The molecular weight excluding hydrogens is 410 g/mol. The van der Waals surface area contributed by atoms with E-state index >= 15 is 0 Å². The van der Waals surface area contributed by atoms with E-state index in [-0.39, 0.29) is 23.3 Å². The summed E-state index contributed by atoms with van der Waals surface area (Å²) in [5.41, 5.74) is 1.05. The maximum absolute atomic E-state index is 12.5. The van der Waals surface area contributed by atoms with Crippen LogP contribution in [0.3, 0.4) is 0 Å². The Kier molecular flexibility index (Phi) is 7.91. The van der Waals surface area contributed by atoms with Gasteiger partial charge in [-0.15, -0.1) is 0 Å². The highest BCUT2D eigenvalue weighted by molar-refractivity contribution is 7.80. The molecule has 1 atom stereocenters. The Bertz CT molecular complexity index is 854. The second-order valence-corrected chi connectivity index (χ2v) is 8.83. The lowest BCUT2D eigenvalue weighted by atomic mass is 9.78. The number of esters is 1. The number of thiocarbonyl (C=S) groups is 1. The topological polar surface area (TPSA) is 61.9 Å². The van der Waals surface area contributed by atoms with Crippen LogP contribution in [0.4, 0.5) is 0 Å². The van der Waals surface area contributed by atoms with Crippen LogP contribution >= 0.6 is 12.2 Å². The summed E-state index contributed by atoms with van der Waals surface area (Å²) in [6, 6.07) is 9.52. The van der Waals surface area contributed by atoms with Crippen molar-refractivity contribution >= 4 is 29.2 Å². The van der Waals surface area contributed by atoms with E-state index < -0.39 is 0 Å². The smallest absolute Gasteiger partial charge is 0.307 e. The van der Waals surface area contributed by atoms with Gasteiger partial charge in [0.1, 0.15) is 0 Å². The third-order valence-corrected chi connectivity index (χ3v) is 6.45. The fourth-order valence-electron chi connectivity index (χ4n) is 4.25. The van der Waals surface area contributed by atoms with Crippen molar-refractivity contribution in [2.75, 3.05) is 32.8 Å². The molecule has 6 nitrogen and oxygen atoms in total. The van der Waals surface area contributed by atoms with E-state index in [1.54, 1.807) is 6.92 Å². The number of hydrogen-bond donors (Lipinski definition) is 1. The third-order valence-electron chi connectivity index (χ3n) is 6.07. The Morgan fingerprint density at radius 2 is 1.81 bits per heavy atom. The van der Waals surface area contributed by atoms with Gasteiger partial charge in [-0.3, -0.25) is 9.59 Å². The molecule has 2 heterocycles. The van der Waals surface area contributed by atoms with E-state index in [2.05, 4.69) is 22.1 Å². The zero-order valence-corrected chi connectivity index (χ0v) is 19.2. The minimum Gasteiger partial charge on any atom is -0.466 e. The molecule has 1 aromatic carbocycles. The Labute approximate surface area is 190 Å². The second-order valence-electron chi connectivity index (χ2n) is 8.44. The number of nitrogens with one attached hydrogen (secondary N) is 1. The Morgan fingerprint density at radius 3 is 2.45 bits per heavy atom. The van der Waals surface area contributed by atoms with E-state index in [0.717, 1.165) is 51.0 Å². The molecule has 3 rings (SSSR count). The molecule has 1 unspecified atom stereocenters. The van der Waals surface area contributed by atoms with E-state index in [1.807, 2.05) is 42.2 Å². The molecule has 2 saturated heterocycles. The van der Waals surface area contributed by atoms with Gasteiger partial charge < -0.3 is 19.9 Å². The predicted molar refractivity (Wildman–Crippen MR) is 124 cm³/mol. The van der Waals surface area contributed by atoms with Crippen molar-refractivity contribution in [1.82, 2.24) is 15.1 Å². The summed E-state index contributed by atoms with van der Waals surface area (Å²) in [4.78, 5) is 28.2. The number of ether oxygens (including phenoxy) is 1. The average Bonchev–Trinajstić information content (AvgIpc) is 3.17. The van der Waals surface area contributed by atoms with E-state index in [9.17, 15) is 9.59 Å². The summed E-state index contributed by atoms with van der Waals surface area (Å²) < 4.78 is 5.00. The number of rotatable bonds is 4. The first kappa shape index (κ1) is 23.1. The van der Waals surface area contributed by atoms with Crippen molar-refractivity contribution in [3.05, 3.63) is 35.9 Å². The zero-order valence-electron chi connectivity index (χ0n) is 18.4. The second kappa shape index (κ2) is 10.6. The van der Waals surface area contributed by atoms with Crippen molar-refractivity contribution in [3.63, 3.8) is 0 Å². The molecule has 7 heteroatoms. The number of amides is 1. The number of likely N-dealkylation sites (tertiary alicyclic amines) is 2. The van der Waals surface area contributed by atoms with Gasteiger partial charge in [0.05, 0.1) is 13.0 Å². The van der Waals surface area contributed by atoms with E-state index in [0.29, 0.717) is 18.1 Å². The number of hydrogen-bond acceptors (Lipinski definition) is 4. The molecule has 0 radical (unpaired) electrons. The summed E-state index contributed by atoms with van der Waals surface area (Å²) in [7, 11) is 0. The number of carbonyl (C=O) groups is 2. The van der Waals surface area contributed by atoms with Crippen molar-refractivity contribution in [2.45, 2.75) is 45.6 Å². The van der Waals surface area contributed by atoms with Gasteiger partial charge in [-0.25, -0.2) is 0 Å². The summed E-state index contributed by atoms with van der Waals surface area (Å²) in [5.74, 6) is 5.42. The molecule has 2 aliphatic heterocycles. The molecule has 166 valence electrons. The molecule has 0 bridgehead atoms. The monoisotopic (exact) mass is 441 g/mol. The Balaban J connectivity index is 1.46. The van der Waals surface area contributed by atoms with Crippen LogP contribution in [0.5, 0.6) is 0 Å². The summed E-state index contributed by atoms with van der Waals surface area (Å²) in [5, 5.41) is 3.96. The van der Waals surface area contributed by atoms with Crippen molar-refractivity contribution in [2.24, 2.45) is 5.41 Å². The highest BCUT2D eigenvalue weighted by atomic mass is 32.1. The summed E-state index contributed by atoms with van der Waals surface area (Å²) in [6.45, 7) is 7.39. The van der Waals surface area contributed by atoms with Crippen molar-refractivity contribution in [3.8, 4) is 11.8 Å². The molecule has 1 N–H and O–H groups in total. The molecule has 2 aliphatic rings. The highest BCUT2D eigenvalue weighted by Crippen LogP contribution is 2.40. The van der Waals surface area contributed by atoms with Crippen LogP contribution in [0.25, 0.3) is 0 Å². The van der Waals surface area contributed by atoms with Crippen LogP contribution in [0.1, 0.15) is 45.1 Å². The quantitative estimate of drug-likeness (QED) is 0.440. The van der Waals surface area contributed by atoms with Crippen LogP contribution in [-0.2, 0) is 14.3 Å². The van der Waals surface area contributed by atoms with Gasteiger partial charge in [-0.2, -0.15) is 0 Å². The van der Waals surface area contributed by atoms with Crippen LogP contribution in [0.2, 0.25) is 0 Å². The minimum atomic E-state index is -0.212. The molecule has 1 aromatic rings. The SMILES string of the molecule is CCOC(=O)CC(C)NC(=S)N1CCC2(CCN(C(=O)C#Cc3ccccc3)CC2)C1. The van der Waals surface area contributed by atoms with Gasteiger partial charge in [0.2, 0.25) is 0 Å². The fourth-order valence-corrected chi connectivity index (χ4v) is 4.61. The number of nitrogens with zero attached hydrogens (tertiary/aromatic N) is 2. The zero-order chi connectivity index (χ0) is 22.3. The molecule has 1 amide bonds. The Morgan fingerprint density at radius 1 is 1.16 bits per heavy atom. The first-order chi connectivity index (χ1) is 14.9. The number of piperidine rings is 1. The lowest BCUT2D eigenvalue weighted by molar-refractivity contribution is -0.143. The summed E-state index contributed by atoms with van der Waals surface area (Å²) >= 11 is 5.59. The van der Waals surface area contributed by atoms with Gasteiger partial charge >= 0.3 is 5.97 Å². The maximum Gasteiger partial charge on any atom is 0.307 e. The molecular formula is C24H31N3O3S. The van der Waals surface area contributed by atoms with Crippen molar-refractivity contribution in [1.29, 1.82) is 0 Å². The van der Waals surface area contributed by atoms with Crippen molar-refractivity contribution < 1.29 is 14.3 Å². The average molecular weight is 442 g/mol. The number of carbonyl (C=O) groups excluding carboxylic acids is 2. The maximum atomic E-state index is 12.5. The van der Waals surface area contributed by atoms with Gasteiger partial charge in [0, 0.05) is 43.7 Å². The van der Waals surface area contributed by atoms with Gasteiger partial charge in [-0.1, -0.05) is 24.1 Å². The molecule has 2 fully saturated rings. The minimum absolute atomic E-state index is 0.0641. The van der Waals surface area contributed by atoms with Gasteiger partial charge in [0.25, 0.3) is 5.91 Å². The number of benzene rings is 1. The standard InChI is InChI=1S/C24H31N3O3S/c1-3-30-22(29)17-19(2)25-23(31)27-16-13-24(18-27)11-14-26(15-12-24)21(28)10-9-20-7-5-4-6-8-20/h4-8,19H,3,11-18H2,1-2H3,(H,25,31). The normalized spacial score (nSPS) is 18.1. The summed E-state index contributed by atoms with van der Waals surface area (Å²) in [6.07, 6.45) is 3.29. The third kappa shape index (κ3) is 6.44. The van der Waals surface area contributed by atoms with Crippen LogP contribution in [0.15, 0.2) is 30.3 Å². The molecule has 31 heavy (non-hydrogen) atoms. The largest absolute Gasteiger partial charge is 0.466 e. The van der Waals surface area contributed by atoms with Crippen LogP contribution < -0.4 is 5.32 Å². The highest BCUT2D eigenvalue weighted by Gasteiger charge is 2.42. The molecule has 0 saturated carbocycles. The first-order valence-electron chi connectivity index (χ1n) is 11.0. The molecule has 0 aromatic heterocycles. The molecule has 0 aliphatic carbocycles. The predicted octanol–water partition coefficient (Wildman–Crippen LogP) is 2.57. The van der Waals surface area contributed by atoms with E-state index in [4.69, 9.17) is 17.0 Å². The fraction of sp³-hybridized carbons (Fsp3) is 0.542. The van der Waals surface area contributed by atoms with Crippen LogP contribution in [0, 0.1) is 17.3 Å². The first-order valence-corrected chi connectivity index (χ1v) is 11.4. The molecule has 1 spiro atoms.